The van der Waals surface area contributed by atoms with Gasteiger partial charge in [-0.2, -0.15) is 8.78 Å². The summed E-state index contributed by atoms with van der Waals surface area (Å²) in [7, 11) is 3.54. The number of amides is 1. The van der Waals surface area contributed by atoms with Crippen LogP contribution in [0.4, 0.5) is 8.78 Å². The Kier molecular flexibility index (Phi) is 8.39. The van der Waals surface area contributed by atoms with Gasteiger partial charge >= 0.3 is 6.61 Å². The molecule has 2 N–H and O–H groups in total. The summed E-state index contributed by atoms with van der Waals surface area (Å²) in [5.41, 5.74) is 2.59. The number of hydrogen-bond acceptors (Lipinski definition) is 3. The van der Waals surface area contributed by atoms with E-state index in [0.29, 0.717) is 31.2 Å². The molecule has 0 aromatic heterocycles. The van der Waals surface area contributed by atoms with Gasteiger partial charge in [0.1, 0.15) is 5.75 Å². The van der Waals surface area contributed by atoms with Gasteiger partial charge in [0, 0.05) is 39.3 Å². The average Bonchev–Trinajstić information content (AvgIpc) is 2.69. The van der Waals surface area contributed by atoms with Gasteiger partial charge in [-0.1, -0.05) is 29.8 Å². The summed E-state index contributed by atoms with van der Waals surface area (Å²) in [5, 5.41) is 6.05. The maximum Gasteiger partial charge on any atom is 0.387 e. The number of carbonyl (C=O) groups is 1. The van der Waals surface area contributed by atoms with Crippen LogP contribution in [0.1, 0.15) is 21.5 Å². The Hall–Kier alpha value is -3.16. The fourth-order valence-electron chi connectivity index (χ4n) is 2.75. The monoisotopic (exact) mass is 404 g/mol. The summed E-state index contributed by atoms with van der Waals surface area (Å²) in [6.45, 7) is 0.592. The van der Waals surface area contributed by atoms with Gasteiger partial charge in [-0.15, -0.1) is 0 Å². The predicted octanol–water partition coefficient (Wildman–Crippen LogP) is 3.03. The van der Waals surface area contributed by atoms with E-state index >= 15 is 0 Å². The SMILES string of the molecule is CN=C(NCCNC(=O)c1cccc(C)c1)N(C)Cc1ccc(OC(F)F)cc1. The number of carbonyl (C=O) groups excluding carboxylic acids is 1. The number of hydrogen-bond donors (Lipinski definition) is 2. The average molecular weight is 404 g/mol. The summed E-state index contributed by atoms with van der Waals surface area (Å²) < 4.78 is 28.8. The molecule has 8 heteroatoms. The van der Waals surface area contributed by atoms with E-state index in [1.807, 2.05) is 37.1 Å². The Labute approximate surface area is 169 Å². The van der Waals surface area contributed by atoms with Crippen molar-refractivity contribution in [2.45, 2.75) is 20.1 Å². The molecular formula is C21H26F2N4O2. The topological polar surface area (TPSA) is 66.0 Å². The van der Waals surface area contributed by atoms with Gasteiger partial charge < -0.3 is 20.3 Å². The van der Waals surface area contributed by atoms with Crippen molar-refractivity contribution in [2.24, 2.45) is 4.99 Å². The number of guanidine groups is 1. The molecule has 0 fully saturated rings. The minimum absolute atomic E-state index is 0.120. The highest BCUT2D eigenvalue weighted by atomic mass is 19.3. The van der Waals surface area contributed by atoms with Crippen LogP contribution < -0.4 is 15.4 Å². The van der Waals surface area contributed by atoms with Crippen LogP contribution in [0, 0.1) is 6.92 Å². The minimum atomic E-state index is -2.84. The van der Waals surface area contributed by atoms with Crippen LogP contribution in [0.3, 0.4) is 0 Å². The van der Waals surface area contributed by atoms with E-state index in [9.17, 15) is 13.6 Å². The Morgan fingerprint density at radius 3 is 2.45 bits per heavy atom. The molecule has 0 aliphatic rings. The van der Waals surface area contributed by atoms with Crippen LogP contribution in [-0.4, -0.2) is 50.6 Å². The van der Waals surface area contributed by atoms with Crippen molar-refractivity contribution < 1.29 is 18.3 Å². The summed E-state index contributed by atoms with van der Waals surface area (Å²) in [6.07, 6.45) is 0. The number of aliphatic imine (C=N–C) groups is 1. The lowest BCUT2D eigenvalue weighted by Crippen LogP contribution is -2.42. The number of nitrogens with zero attached hydrogens (tertiary/aromatic N) is 2. The molecule has 156 valence electrons. The molecule has 6 nitrogen and oxygen atoms in total. The van der Waals surface area contributed by atoms with Crippen LogP contribution in [0.15, 0.2) is 53.5 Å². The zero-order chi connectivity index (χ0) is 21.2. The molecule has 2 rings (SSSR count). The third-order valence-corrected chi connectivity index (χ3v) is 4.12. The molecule has 0 aliphatic carbocycles. The Morgan fingerprint density at radius 1 is 1.14 bits per heavy atom. The van der Waals surface area contributed by atoms with E-state index in [1.54, 1.807) is 25.2 Å². The molecule has 0 bridgehead atoms. The third kappa shape index (κ3) is 7.40. The first-order valence-electron chi connectivity index (χ1n) is 9.19. The van der Waals surface area contributed by atoms with E-state index in [0.717, 1.165) is 11.1 Å². The Balaban J connectivity index is 1.78. The lowest BCUT2D eigenvalue weighted by Gasteiger charge is -2.22. The maximum atomic E-state index is 12.2. The van der Waals surface area contributed by atoms with Crippen LogP contribution in [-0.2, 0) is 6.54 Å². The summed E-state index contributed by atoms with van der Waals surface area (Å²) in [4.78, 5) is 18.3. The van der Waals surface area contributed by atoms with Gasteiger partial charge in [0.05, 0.1) is 0 Å². The van der Waals surface area contributed by atoms with Crippen molar-refractivity contribution >= 4 is 11.9 Å². The van der Waals surface area contributed by atoms with Crippen LogP contribution in [0.5, 0.6) is 5.75 Å². The molecule has 1 amide bonds. The van der Waals surface area contributed by atoms with Crippen molar-refractivity contribution in [3.05, 3.63) is 65.2 Å². The van der Waals surface area contributed by atoms with E-state index in [2.05, 4.69) is 20.4 Å². The first kappa shape index (κ1) is 22.1. The molecule has 0 unspecified atom stereocenters. The van der Waals surface area contributed by atoms with E-state index in [-0.39, 0.29) is 11.7 Å². The summed E-state index contributed by atoms with van der Waals surface area (Å²) >= 11 is 0. The summed E-state index contributed by atoms with van der Waals surface area (Å²) in [6, 6.07) is 13.9. The van der Waals surface area contributed by atoms with Crippen molar-refractivity contribution in [2.75, 3.05) is 27.2 Å². The number of alkyl halides is 2. The lowest BCUT2D eigenvalue weighted by molar-refractivity contribution is -0.0498. The first-order valence-corrected chi connectivity index (χ1v) is 9.19. The number of ether oxygens (including phenoxy) is 1. The zero-order valence-electron chi connectivity index (χ0n) is 16.8. The Morgan fingerprint density at radius 2 is 1.83 bits per heavy atom. The molecule has 0 saturated heterocycles. The van der Waals surface area contributed by atoms with Crippen molar-refractivity contribution in [3.63, 3.8) is 0 Å². The number of halogens is 2. The molecular weight excluding hydrogens is 378 g/mol. The van der Waals surface area contributed by atoms with Crippen LogP contribution in [0.2, 0.25) is 0 Å². The normalized spacial score (nSPS) is 11.3. The van der Waals surface area contributed by atoms with Gasteiger partial charge in [0.25, 0.3) is 5.91 Å². The quantitative estimate of drug-likeness (QED) is 0.403. The van der Waals surface area contributed by atoms with Gasteiger partial charge in [0.2, 0.25) is 0 Å². The smallest absolute Gasteiger partial charge is 0.387 e. The highest BCUT2D eigenvalue weighted by Gasteiger charge is 2.09. The van der Waals surface area contributed by atoms with Crippen molar-refractivity contribution in [1.82, 2.24) is 15.5 Å². The highest BCUT2D eigenvalue weighted by Crippen LogP contribution is 2.15. The molecule has 29 heavy (non-hydrogen) atoms. The zero-order valence-corrected chi connectivity index (χ0v) is 16.8. The van der Waals surface area contributed by atoms with Crippen molar-refractivity contribution in [3.8, 4) is 5.75 Å². The maximum absolute atomic E-state index is 12.2. The third-order valence-electron chi connectivity index (χ3n) is 4.12. The second-order valence-corrected chi connectivity index (χ2v) is 6.48. The fraction of sp³-hybridized carbons (Fsp3) is 0.333. The predicted molar refractivity (Wildman–Crippen MR) is 109 cm³/mol. The second-order valence-electron chi connectivity index (χ2n) is 6.48. The molecule has 0 spiro atoms. The Bertz CT molecular complexity index is 826. The van der Waals surface area contributed by atoms with Crippen LogP contribution >= 0.6 is 0 Å². The number of aryl methyl sites for hydroxylation is 1. The standard InChI is InChI=1S/C21H26F2N4O2/c1-15-5-4-6-17(13-15)19(28)25-11-12-26-21(24-2)27(3)14-16-7-9-18(10-8-16)29-20(22)23/h4-10,13,20H,11-12,14H2,1-3H3,(H,24,26)(H,25,28). The van der Waals surface area contributed by atoms with Gasteiger partial charge in [-0.3, -0.25) is 9.79 Å². The largest absolute Gasteiger partial charge is 0.435 e. The van der Waals surface area contributed by atoms with E-state index < -0.39 is 6.61 Å². The molecule has 0 saturated carbocycles. The van der Waals surface area contributed by atoms with Gasteiger partial charge in [-0.25, -0.2) is 0 Å². The van der Waals surface area contributed by atoms with Crippen LogP contribution in [0.25, 0.3) is 0 Å². The molecule has 2 aromatic carbocycles. The lowest BCUT2D eigenvalue weighted by atomic mass is 10.1. The molecule has 2 aromatic rings. The molecule has 0 radical (unpaired) electrons. The number of benzene rings is 2. The summed E-state index contributed by atoms with van der Waals surface area (Å²) in [5.74, 6) is 0.658. The van der Waals surface area contributed by atoms with Crippen molar-refractivity contribution in [1.29, 1.82) is 0 Å². The van der Waals surface area contributed by atoms with Gasteiger partial charge in [-0.05, 0) is 36.8 Å². The molecule has 0 heterocycles. The van der Waals surface area contributed by atoms with Gasteiger partial charge in [0.15, 0.2) is 5.96 Å². The second kappa shape index (κ2) is 11.0. The molecule has 0 aliphatic heterocycles. The minimum Gasteiger partial charge on any atom is -0.435 e. The van der Waals surface area contributed by atoms with E-state index in [4.69, 9.17) is 0 Å². The highest BCUT2D eigenvalue weighted by molar-refractivity contribution is 5.94. The fourth-order valence-corrected chi connectivity index (χ4v) is 2.75. The first-order chi connectivity index (χ1) is 13.9. The number of nitrogens with one attached hydrogen (secondary N) is 2. The van der Waals surface area contributed by atoms with E-state index in [1.165, 1.54) is 12.1 Å². The number of rotatable bonds is 8. The molecule has 0 atom stereocenters.